The zero-order valence-electron chi connectivity index (χ0n) is 11.1. The second-order valence-electron chi connectivity index (χ2n) is 4.83. The molecule has 1 aliphatic rings. The molecule has 2 heterocycles. The first-order valence-electron chi connectivity index (χ1n) is 6.23. The molecule has 0 bridgehead atoms. The number of amides is 1. The number of sulfone groups is 1. The Hall–Kier alpha value is -2.16. The topological polar surface area (TPSA) is 131 Å². The highest BCUT2D eigenvalue weighted by Crippen LogP contribution is 2.21. The Morgan fingerprint density at radius 1 is 1.43 bits per heavy atom. The number of carboxylic acids is 1. The standard InChI is InChI=1S/C12H15N3O5S/c13-12(18)8-1-2-10(14-6-8)15-3-4-21(19,20)7-9(15)5-11(16)17/h1-2,6,9H,3-5,7H2,(H2,13,18)(H,16,17). The highest BCUT2D eigenvalue weighted by Gasteiger charge is 2.33. The lowest BCUT2D eigenvalue weighted by atomic mass is 10.2. The van der Waals surface area contributed by atoms with Crippen LogP contribution in [0.2, 0.25) is 0 Å². The van der Waals surface area contributed by atoms with E-state index in [1.54, 1.807) is 4.90 Å². The van der Waals surface area contributed by atoms with Crippen LogP contribution in [0.25, 0.3) is 0 Å². The van der Waals surface area contributed by atoms with Crippen molar-refractivity contribution in [3.63, 3.8) is 0 Å². The van der Waals surface area contributed by atoms with Gasteiger partial charge >= 0.3 is 5.97 Å². The van der Waals surface area contributed by atoms with Crippen molar-refractivity contribution in [2.45, 2.75) is 12.5 Å². The summed E-state index contributed by atoms with van der Waals surface area (Å²) in [5, 5.41) is 8.91. The number of aromatic nitrogens is 1. The fourth-order valence-corrected chi connectivity index (χ4v) is 3.79. The van der Waals surface area contributed by atoms with E-state index in [0.29, 0.717) is 5.82 Å². The van der Waals surface area contributed by atoms with E-state index in [4.69, 9.17) is 10.8 Å². The Bertz CT molecular complexity index is 656. The maximum Gasteiger partial charge on any atom is 0.305 e. The maximum absolute atomic E-state index is 11.7. The van der Waals surface area contributed by atoms with E-state index in [-0.39, 0.29) is 30.0 Å². The Labute approximate surface area is 121 Å². The van der Waals surface area contributed by atoms with Crippen molar-refractivity contribution < 1.29 is 23.1 Å². The largest absolute Gasteiger partial charge is 0.481 e. The molecule has 8 nitrogen and oxygen atoms in total. The molecule has 0 aliphatic carbocycles. The second kappa shape index (κ2) is 5.68. The van der Waals surface area contributed by atoms with Gasteiger partial charge in [-0.05, 0) is 12.1 Å². The smallest absolute Gasteiger partial charge is 0.305 e. The van der Waals surface area contributed by atoms with E-state index in [1.165, 1.54) is 18.3 Å². The number of rotatable bonds is 4. The van der Waals surface area contributed by atoms with Crippen LogP contribution in [0.1, 0.15) is 16.8 Å². The number of pyridine rings is 1. The Balaban J connectivity index is 2.26. The van der Waals surface area contributed by atoms with E-state index in [1.807, 2.05) is 0 Å². The molecule has 1 fully saturated rings. The van der Waals surface area contributed by atoms with Crippen molar-refractivity contribution in [2.24, 2.45) is 5.73 Å². The number of carbonyl (C=O) groups excluding carboxylic acids is 1. The van der Waals surface area contributed by atoms with Crippen molar-refractivity contribution in [3.05, 3.63) is 23.9 Å². The SMILES string of the molecule is NC(=O)c1ccc(N2CCS(=O)(=O)CC2CC(=O)O)nc1. The van der Waals surface area contributed by atoms with Crippen LogP contribution in [-0.4, -0.2) is 54.5 Å². The van der Waals surface area contributed by atoms with Crippen LogP contribution in [0.15, 0.2) is 18.3 Å². The molecule has 0 aromatic carbocycles. The van der Waals surface area contributed by atoms with Gasteiger partial charge < -0.3 is 15.7 Å². The Morgan fingerprint density at radius 3 is 2.67 bits per heavy atom. The summed E-state index contributed by atoms with van der Waals surface area (Å²) in [6.45, 7) is 0.170. The number of primary amides is 1. The van der Waals surface area contributed by atoms with Crippen LogP contribution in [0.5, 0.6) is 0 Å². The van der Waals surface area contributed by atoms with Crippen LogP contribution in [0.3, 0.4) is 0 Å². The van der Waals surface area contributed by atoms with Crippen LogP contribution < -0.4 is 10.6 Å². The normalized spacial score (nSPS) is 21.0. The van der Waals surface area contributed by atoms with Gasteiger partial charge in [-0.15, -0.1) is 0 Å². The molecule has 1 amide bonds. The first kappa shape index (κ1) is 15.2. The first-order chi connectivity index (χ1) is 9.78. The summed E-state index contributed by atoms with van der Waals surface area (Å²) in [6.07, 6.45) is 0.997. The van der Waals surface area contributed by atoms with Crippen molar-refractivity contribution >= 4 is 27.5 Å². The van der Waals surface area contributed by atoms with Crippen LogP contribution in [0, 0.1) is 0 Å². The molecule has 1 aliphatic heterocycles. The minimum atomic E-state index is -3.25. The van der Waals surface area contributed by atoms with Crippen molar-refractivity contribution in [2.75, 3.05) is 23.0 Å². The monoisotopic (exact) mass is 313 g/mol. The molecule has 0 saturated carbocycles. The maximum atomic E-state index is 11.7. The Morgan fingerprint density at radius 2 is 2.14 bits per heavy atom. The van der Waals surface area contributed by atoms with E-state index < -0.39 is 27.8 Å². The third-order valence-corrected chi connectivity index (χ3v) is 4.96. The average molecular weight is 313 g/mol. The molecule has 1 unspecified atom stereocenters. The molecule has 21 heavy (non-hydrogen) atoms. The third-order valence-electron chi connectivity index (χ3n) is 3.27. The predicted molar refractivity (Wildman–Crippen MR) is 74.8 cm³/mol. The Kier molecular flexibility index (Phi) is 4.12. The van der Waals surface area contributed by atoms with E-state index >= 15 is 0 Å². The van der Waals surface area contributed by atoms with E-state index in [2.05, 4.69) is 4.98 Å². The third kappa shape index (κ3) is 3.69. The molecule has 114 valence electrons. The van der Waals surface area contributed by atoms with Gasteiger partial charge in [0, 0.05) is 12.7 Å². The minimum Gasteiger partial charge on any atom is -0.481 e. The van der Waals surface area contributed by atoms with E-state index in [0.717, 1.165) is 0 Å². The zero-order chi connectivity index (χ0) is 15.6. The number of nitrogens with zero attached hydrogens (tertiary/aromatic N) is 2. The van der Waals surface area contributed by atoms with Gasteiger partial charge in [0.1, 0.15) is 5.82 Å². The summed E-state index contributed by atoms with van der Waals surface area (Å²) in [5.41, 5.74) is 5.36. The fourth-order valence-electron chi connectivity index (χ4n) is 2.26. The molecule has 1 atom stereocenters. The van der Waals surface area contributed by atoms with Crippen LogP contribution >= 0.6 is 0 Å². The lowest BCUT2D eigenvalue weighted by Gasteiger charge is -2.35. The first-order valence-corrected chi connectivity index (χ1v) is 8.05. The minimum absolute atomic E-state index is 0.0532. The molecule has 1 aromatic rings. The second-order valence-corrected chi connectivity index (χ2v) is 7.06. The molecule has 9 heteroatoms. The summed E-state index contributed by atoms with van der Waals surface area (Å²) in [6, 6.07) is 2.34. The summed E-state index contributed by atoms with van der Waals surface area (Å²) in [4.78, 5) is 27.6. The molecule has 3 N–H and O–H groups in total. The number of carbonyl (C=O) groups is 2. The van der Waals surface area contributed by atoms with Gasteiger partial charge in [-0.3, -0.25) is 9.59 Å². The summed E-state index contributed by atoms with van der Waals surface area (Å²) in [5.74, 6) is -1.53. The molecular weight excluding hydrogens is 298 g/mol. The summed E-state index contributed by atoms with van der Waals surface area (Å²) in [7, 11) is -3.25. The molecule has 0 spiro atoms. The van der Waals surface area contributed by atoms with Gasteiger partial charge in [0.15, 0.2) is 9.84 Å². The lowest BCUT2D eigenvalue weighted by Crippen LogP contribution is -2.49. The highest BCUT2D eigenvalue weighted by atomic mass is 32.2. The van der Waals surface area contributed by atoms with Crippen molar-refractivity contribution in [1.29, 1.82) is 0 Å². The van der Waals surface area contributed by atoms with Gasteiger partial charge in [-0.2, -0.15) is 0 Å². The predicted octanol–water partition coefficient (Wildman–Crippen LogP) is -0.741. The van der Waals surface area contributed by atoms with Crippen LogP contribution in [0.4, 0.5) is 5.82 Å². The number of nitrogens with two attached hydrogens (primary N) is 1. The molecule has 1 saturated heterocycles. The zero-order valence-corrected chi connectivity index (χ0v) is 11.9. The molecule has 2 rings (SSSR count). The average Bonchev–Trinajstić information content (AvgIpc) is 2.37. The number of anilines is 1. The van der Waals surface area contributed by atoms with Crippen molar-refractivity contribution in [3.8, 4) is 0 Å². The molecule has 1 aromatic heterocycles. The van der Waals surface area contributed by atoms with Crippen LogP contribution in [-0.2, 0) is 14.6 Å². The van der Waals surface area contributed by atoms with Gasteiger partial charge in [0.25, 0.3) is 0 Å². The fraction of sp³-hybridized carbons (Fsp3) is 0.417. The van der Waals surface area contributed by atoms with Gasteiger partial charge in [0.2, 0.25) is 5.91 Å². The van der Waals surface area contributed by atoms with E-state index in [9.17, 15) is 18.0 Å². The summed E-state index contributed by atoms with van der Waals surface area (Å²) < 4.78 is 23.3. The molecule has 0 radical (unpaired) electrons. The lowest BCUT2D eigenvalue weighted by molar-refractivity contribution is -0.137. The van der Waals surface area contributed by atoms with Gasteiger partial charge in [0.05, 0.1) is 29.5 Å². The summed E-state index contributed by atoms with van der Waals surface area (Å²) >= 11 is 0. The van der Waals surface area contributed by atoms with Gasteiger partial charge in [-0.25, -0.2) is 13.4 Å². The molecular formula is C12H15N3O5S. The number of hydrogen-bond donors (Lipinski definition) is 2. The van der Waals surface area contributed by atoms with Gasteiger partial charge in [-0.1, -0.05) is 0 Å². The number of hydrogen-bond acceptors (Lipinski definition) is 6. The van der Waals surface area contributed by atoms with Crippen molar-refractivity contribution in [1.82, 2.24) is 4.98 Å². The number of aliphatic carboxylic acids is 1. The highest BCUT2D eigenvalue weighted by molar-refractivity contribution is 7.91. The number of carboxylic acid groups (broad SMARTS) is 1. The quantitative estimate of drug-likeness (QED) is 0.748.